The topological polar surface area (TPSA) is 66.6 Å². The van der Waals surface area contributed by atoms with E-state index in [1.807, 2.05) is 13.0 Å². The number of nitrogens with zero attached hydrogens (tertiary/aromatic N) is 1. The molecule has 3 N–H and O–H groups in total. The molecule has 1 aromatic rings. The van der Waals surface area contributed by atoms with E-state index < -0.39 is 5.97 Å². The van der Waals surface area contributed by atoms with Crippen molar-refractivity contribution in [3.63, 3.8) is 0 Å². The Kier molecular flexibility index (Phi) is 3.26. The van der Waals surface area contributed by atoms with E-state index in [2.05, 4.69) is 0 Å². The molecule has 1 aromatic carbocycles. The quantitative estimate of drug-likeness (QED) is 0.743. The molecule has 0 spiro atoms. The van der Waals surface area contributed by atoms with Crippen LogP contribution in [0.3, 0.4) is 0 Å². The van der Waals surface area contributed by atoms with Crippen LogP contribution in [-0.2, 0) is 0 Å². The van der Waals surface area contributed by atoms with Gasteiger partial charge in [-0.2, -0.15) is 0 Å². The van der Waals surface area contributed by atoms with E-state index in [9.17, 15) is 4.79 Å². The first-order valence-corrected chi connectivity index (χ1v) is 4.71. The number of nitrogens with two attached hydrogens (primary N) is 1. The molecule has 4 nitrogen and oxygen atoms in total. The minimum atomic E-state index is -0.962. The zero-order valence-corrected chi connectivity index (χ0v) is 9.34. The maximum atomic E-state index is 10.8. The number of thiocarbonyl (C=S) groups is 1. The molecular weight excluding hydrogens is 212 g/mol. The standard InChI is InChI=1S/C10H12N2O2S/c1-6-3-7(9(13)14)5-8(4-6)12(2)10(11)15/h3-5H,1-2H3,(H2,11,15)(H,13,14). The summed E-state index contributed by atoms with van der Waals surface area (Å²) in [6, 6.07) is 4.96. The van der Waals surface area contributed by atoms with Crippen LogP contribution < -0.4 is 10.6 Å². The van der Waals surface area contributed by atoms with Crippen molar-refractivity contribution in [1.29, 1.82) is 0 Å². The van der Waals surface area contributed by atoms with Crippen molar-refractivity contribution >= 4 is 29.0 Å². The Bertz CT molecular complexity index is 418. The third-order valence-electron chi connectivity index (χ3n) is 2.03. The number of carboxylic acids is 1. The van der Waals surface area contributed by atoms with E-state index in [0.717, 1.165) is 5.56 Å². The average Bonchev–Trinajstić information content (AvgIpc) is 2.15. The SMILES string of the molecule is Cc1cc(C(=O)O)cc(N(C)C(N)=S)c1. The van der Waals surface area contributed by atoms with Gasteiger partial charge in [0.1, 0.15) is 0 Å². The predicted molar refractivity (Wildman–Crippen MR) is 63.3 cm³/mol. The Hall–Kier alpha value is -1.62. The van der Waals surface area contributed by atoms with Crippen molar-refractivity contribution in [2.75, 3.05) is 11.9 Å². The fraction of sp³-hybridized carbons (Fsp3) is 0.200. The summed E-state index contributed by atoms with van der Waals surface area (Å²) < 4.78 is 0. The summed E-state index contributed by atoms with van der Waals surface area (Å²) in [5.41, 5.74) is 7.22. The van der Waals surface area contributed by atoms with Gasteiger partial charge in [0.25, 0.3) is 0 Å². The van der Waals surface area contributed by atoms with Crippen molar-refractivity contribution in [2.45, 2.75) is 6.92 Å². The number of hydrogen-bond donors (Lipinski definition) is 2. The summed E-state index contributed by atoms with van der Waals surface area (Å²) in [6.45, 7) is 1.82. The Labute approximate surface area is 93.3 Å². The fourth-order valence-electron chi connectivity index (χ4n) is 1.21. The molecule has 0 aromatic heterocycles. The minimum Gasteiger partial charge on any atom is -0.478 e. The lowest BCUT2D eigenvalue weighted by Gasteiger charge is -2.17. The summed E-state index contributed by atoms with van der Waals surface area (Å²) in [6.07, 6.45) is 0. The molecule has 0 aliphatic rings. The summed E-state index contributed by atoms with van der Waals surface area (Å²) in [4.78, 5) is 12.4. The van der Waals surface area contributed by atoms with Crippen LogP contribution in [0.5, 0.6) is 0 Å². The van der Waals surface area contributed by atoms with E-state index in [4.69, 9.17) is 23.1 Å². The molecule has 0 bridgehead atoms. The Morgan fingerprint density at radius 1 is 1.47 bits per heavy atom. The average molecular weight is 224 g/mol. The predicted octanol–water partition coefficient (Wildman–Crippen LogP) is 1.37. The molecule has 0 amide bonds. The molecule has 0 aliphatic heterocycles. The third-order valence-corrected chi connectivity index (χ3v) is 2.30. The Morgan fingerprint density at radius 3 is 2.53 bits per heavy atom. The molecule has 0 unspecified atom stereocenters. The molecular formula is C10H12N2O2S. The van der Waals surface area contributed by atoms with Crippen molar-refractivity contribution in [1.82, 2.24) is 0 Å². The van der Waals surface area contributed by atoms with Gasteiger partial charge in [0, 0.05) is 12.7 Å². The largest absolute Gasteiger partial charge is 0.478 e. The van der Waals surface area contributed by atoms with Crippen molar-refractivity contribution in [3.05, 3.63) is 29.3 Å². The van der Waals surface area contributed by atoms with Crippen molar-refractivity contribution in [2.24, 2.45) is 5.73 Å². The lowest BCUT2D eigenvalue weighted by Crippen LogP contribution is -2.31. The molecule has 15 heavy (non-hydrogen) atoms. The van der Waals surface area contributed by atoms with Gasteiger partial charge in [0.05, 0.1) is 5.56 Å². The second kappa shape index (κ2) is 4.27. The smallest absolute Gasteiger partial charge is 0.335 e. The maximum absolute atomic E-state index is 10.8. The first kappa shape index (κ1) is 11.5. The number of carboxylic acid groups (broad SMARTS) is 1. The highest BCUT2D eigenvalue weighted by Gasteiger charge is 2.09. The number of aromatic carboxylic acids is 1. The number of benzene rings is 1. The molecule has 1 rings (SSSR count). The van der Waals surface area contributed by atoms with Crippen LogP contribution >= 0.6 is 12.2 Å². The molecule has 0 heterocycles. The summed E-state index contributed by atoms with van der Waals surface area (Å²) in [5.74, 6) is -0.962. The highest BCUT2D eigenvalue weighted by atomic mass is 32.1. The zero-order valence-electron chi connectivity index (χ0n) is 8.52. The zero-order chi connectivity index (χ0) is 11.6. The van der Waals surface area contributed by atoms with Gasteiger partial charge in [-0.15, -0.1) is 0 Å². The van der Waals surface area contributed by atoms with Crippen LogP contribution in [-0.4, -0.2) is 23.2 Å². The first-order chi connectivity index (χ1) is 6.91. The maximum Gasteiger partial charge on any atom is 0.335 e. The summed E-state index contributed by atoms with van der Waals surface area (Å²) in [7, 11) is 1.70. The normalized spacial score (nSPS) is 9.73. The first-order valence-electron chi connectivity index (χ1n) is 4.30. The van der Waals surface area contributed by atoms with Crippen LogP contribution in [0.1, 0.15) is 15.9 Å². The van der Waals surface area contributed by atoms with Gasteiger partial charge >= 0.3 is 5.97 Å². The molecule has 80 valence electrons. The minimum absolute atomic E-state index is 0.205. The van der Waals surface area contributed by atoms with E-state index in [1.165, 1.54) is 6.07 Å². The van der Waals surface area contributed by atoms with Gasteiger partial charge < -0.3 is 15.7 Å². The van der Waals surface area contributed by atoms with Gasteiger partial charge in [-0.1, -0.05) is 0 Å². The van der Waals surface area contributed by atoms with Crippen molar-refractivity contribution < 1.29 is 9.90 Å². The van der Waals surface area contributed by atoms with Gasteiger partial charge in [0.2, 0.25) is 0 Å². The van der Waals surface area contributed by atoms with E-state index in [1.54, 1.807) is 18.0 Å². The van der Waals surface area contributed by atoms with E-state index >= 15 is 0 Å². The molecule has 0 atom stereocenters. The molecule has 5 heteroatoms. The lowest BCUT2D eigenvalue weighted by atomic mass is 10.1. The second-order valence-electron chi connectivity index (χ2n) is 3.26. The van der Waals surface area contributed by atoms with Crippen LogP contribution in [0, 0.1) is 6.92 Å². The molecule has 0 radical (unpaired) electrons. The third kappa shape index (κ3) is 2.66. The van der Waals surface area contributed by atoms with Gasteiger partial charge in [-0.3, -0.25) is 0 Å². The van der Waals surface area contributed by atoms with Crippen LogP contribution in [0.2, 0.25) is 0 Å². The monoisotopic (exact) mass is 224 g/mol. The number of aryl methyl sites for hydroxylation is 1. The molecule has 0 saturated heterocycles. The molecule has 0 aliphatic carbocycles. The highest BCUT2D eigenvalue weighted by molar-refractivity contribution is 7.80. The van der Waals surface area contributed by atoms with E-state index in [-0.39, 0.29) is 10.7 Å². The highest BCUT2D eigenvalue weighted by Crippen LogP contribution is 2.17. The summed E-state index contributed by atoms with van der Waals surface area (Å²) >= 11 is 4.81. The molecule has 0 fully saturated rings. The second-order valence-corrected chi connectivity index (χ2v) is 3.68. The molecule has 0 saturated carbocycles. The van der Waals surface area contributed by atoms with Gasteiger partial charge in [-0.25, -0.2) is 4.79 Å². The lowest BCUT2D eigenvalue weighted by molar-refractivity contribution is 0.0697. The number of hydrogen-bond acceptors (Lipinski definition) is 2. The van der Waals surface area contributed by atoms with Crippen LogP contribution in [0.25, 0.3) is 0 Å². The van der Waals surface area contributed by atoms with E-state index in [0.29, 0.717) is 5.69 Å². The Balaban J connectivity index is 3.20. The summed E-state index contributed by atoms with van der Waals surface area (Å²) in [5, 5.41) is 9.08. The fourth-order valence-corrected chi connectivity index (χ4v) is 1.31. The van der Waals surface area contributed by atoms with Crippen LogP contribution in [0.15, 0.2) is 18.2 Å². The number of carbonyl (C=O) groups is 1. The van der Waals surface area contributed by atoms with Crippen LogP contribution in [0.4, 0.5) is 5.69 Å². The van der Waals surface area contributed by atoms with Gasteiger partial charge in [-0.05, 0) is 42.9 Å². The Morgan fingerprint density at radius 2 is 2.07 bits per heavy atom. The van der Waals surface area contributed by atoms with Crippen molar-refractivity contribution in [3.8, 4) is 0 Å². The van der Waals surface area contributed by atoms with Gasteiger partial charge in [0.15, 0.2) is 5.11 Å². The number of anilines is 1. The number of rotatable bonds is 2.